The molecule has 1 saturated carbocycles. The number of H-pyrrole nitrogens is 1. The highest BCUT2D eigenvalue weighted by Crippen LogP contribution is 2.36. The summed E-state index contributed by atoms with van der Waals surface area (Å²) in [6, 6.07) is 15.2. The zero-order valence-corrected chi connectivity index (χ0v) is 26.1. The smallest absolute Gasteiger partial charge is 0.411 e. The quantitative estimate of drug-likeness (QED) is 0.152. The van der Waals surface area contributed by atoms with E-state index in [0.717, 1.165) is 5.56 Å². The fourth-order valence-electron chi connectivity index (χ4n) is 4.93. The highest BCUT2D eigenvalue weighted by molar-refractivity contribution is 7.92. The molecule has 2 atom stereocenters. The number of carboxylic acids is 1. The first kappa shape index (κ1) is 31.9. The number of ether oxygens (including phenoxy) is 1. The van der Waals surface area contributed by atoms with E-state index in [2.05, 4.69) is 20.6 Å². The van der Waals surface area contributed by atoms with E-state index >= 15 is 0 Å². The van der Waals surface area contributed by atoms with Gasteiger partial charge in [-0.15, -0.1) is 0 Å². The first-order valence-corrected chi connectivity index (χ1v) is 16.0. The molecular weight excluding hydrogens is 622 g/mol. The summed E-state index contributed by atoms with van der Waals surface area (Å²) in [4.78, 5) is 43.6. The number of nitrogens with zero attached hydrogens (tertiary/aromatic N) is 2. The van der Waals surface area contributed by atoms with Crippen molar-refractivity contribution in [3.63, 3.8) is 0 Å². The Labute approximate surface area is 264 Å². The molecule has 236 valence electrons. The highest BCUT2D eigenvalue weighted by atomic mass is 35.5. The maximum absolute atomic E-state index is 12.9. The Bertz CT molecular complexity index is 1890. The lowest BCUT2D eigenvalue weighted by Gasteiger charge is -2.18. The number of carbonyl (C=O) groups is 2. The van der Waals surface area contributed by atoms with Gasteiger partial charge in [-0.1, -0.05) is 31.2 Å². The van der Waals surface area contributed by atoms with Crippen LogP contribution < -0.4 is 16.2 Å². The Morgan fingerprint density at radius 3 is 2.44 bits per heavy atom. The summed E-state index contributed by atoms with van der Waals surface area (Å²) in [5.41, 5.74) is 2.78. The van der Waals surface area contributed by atoms with Gasteiger partial charge < -0.3 is 20.1 Å². The van der Waals surface area contributed by atoms with Crippen molar-refractivity contribution in [2.75, 3.05) is 24.3 Å². The van der Waals surface area contributed by atoms with Gasteiger partial charge in [0.25, 0.3) is 5.56 Å². The summed E-state index contributed by atoms with van der Waals surface area (Å²) >= 11 is 6.01. The molecule has 4 aromatic rings. The normalized spacial score (nSPS) is 14.6. The number of carbonyl (C=O) groups excluding carboxylic acids is 1. The van der Waals surface area contributed by atoms with E-state index in [1.54, 1.807) is 55.6 Å². The van der Waals surface area contributed by atoms with Gasteiger partial charge in [-0.05, 0) is 77.7 Å². The molecule has 3 aromatic carbocycles. The van der Waals surface area contributed by atoms with E-state index in [1.807, 2.05) is 6.92 Å². The van der Waals surface area contributed by atoms with Gasteiger partial charge in [0, 0.05) is 30.9 Å². The van der Waals surface area contributed by atoms with Crippen molar-refractivity contribution < 1.29 is 27.9 Å². The van der Waals surface area contributed by atoms with Crippen molar-refractivity contribution in [1.29, 1.82) is 0 Å². The molecule has 0 spiro atoms. The fourth-order valence-corrected chi connectivity index (χ4v) is 6.92. The van der Waals surface area contributed by atoms with Crippen molar-refractivity contribution in [2.45, 2.75) is 48.4 Å². The minimum Gasteiger partial charge on any atom is -0.479 e. The fraction of sp³-hybridized carbons (Fsp3) is 0.290. The van der Waals surface area contributed by atoms with Crippen molar-refractivity contribution >= 4 is 56.0 Å². The predicted octanol–water partition coefficient (Wildman–Crippen LogP) is 5.03. The van der Waals surface area contributed by atoms with Gasteiger partial charge in [0.1, 0.15) is 0 Å². The number of nitrogens with one attached hydrogen (secondary N) is 3. The van der Waals surface area contributed by atoms with E-state index in [4.69, 9.17) is 16.5 Å². The Morgan fingerprint density at radius 2 is 1.78 bits per heavy atom. The molecule has 4 N–H and O–H groups in total. The number of aromatic amines is 1. The monoisotopic (exact) mass is 653 g/mol. The van der Waals surface area contributed by atoms with E-state index in [1.165, 1.54) is 22.9 Å². The third-order valence-corrected chi connectivity index (χ3v) is 9.95. The van der Waals surface area contributed by atoms with Crippen LogP contribution in [0.3, 0.4) is 0 Å². The number of amides is 1. The van der Waals surface area contributed by atoms with Gasteiger partial charge in [-0.25, -0.2) is 27.4 Å². The highest BCUT2D eigenvalue weighted by Gasteiger charge is 2.38. The Balaban J connectivity index is 1.20. The van der Waals surface area contributed by atoms with Crippen LogP contribution in [0.1, 0.15) is 48.4 Å². The number of halogens is 1. The molecule has 45 heavy (non-hydrogen) atoms. The zero-order valence-electron chi connectivity index (χ0n) is 24.5. The Morgan fingerprint density at radius 1 is 1.09 bits per heavy atom. The van der Waals surface area contributed by atoms with Crippen LogP contribution in [0.5, 0.6) is 0 Å². The number of hydrogen-bond acceptors (Lipinski definition) is 9. The lowest BCUT2D eigenvalue weighted by atomic mass is 9.98. The average molecular weight is 654 g/mol. The second kappa shape index (κ2) is 13.3. The molecule has 1 aliphatic rings. The molecule has 1 unspecified atom stereocenters. The van der Waals surface area contributed by atoms with E-state index in [0.29, 0.717) is 46.2 Å². The molecule has 12 nitrogen and oxygen atoms in total. The van der Waals surface area contributed by atoms with Crippen molar-refractivity contribution in [3.8, 4) is 0 Å². The van der Waals surface area contributed by atoms with Crippen LogP contribution >= 0.6 is 11.8 Å². The summed E-state index contributed by atoms with van der Waals surface area (Å²) in [7, 11) is -1.85. The largest absolute Gasteiger partial charge is 0.479 e. The van der Waals surface area contributed by atoms with Gasteiger partial charge in [0.15, 0.2) is 15.9 Å². The van der Waals surface area contributed by atoms with Gasteiger partial charge in [0.05, 0.1) is 34.0 Å². The van der Waals surface area contributed by atoms with E-state index in [-0.39, 0.29) is 34.8 Å². The number of aromatic nitrogens is 2. The number of sulfone groups is 1. The van der Waals surface area contributed by atoms with Crippen LogP contribution in [0.25, 0.3) is 10.9 Å². The molecule has 5 rings (SSSR count). The van der Waals surface area contributed by atoms with Crippen LogP contribution in [0.4, 0.5) is 16.2 Å². The van der Waals surface area contributed by atoms with Crippen molar-refractivity contribution in [2.24, 2.45) is 0 Å². The average Bonchev–Trinajstić information content (AvgIpc) is 3.85. The number of anilines is 2. The minimum absolute atomic E-state index is 0.0386. The second-order valence-electron chi connectivity index (χ2n) is 11.0. The maximum atomic E-state index is 12.9. The predicted molar refractivity (Wildman–Crippen MR) is 170 cm³/mol. The molecule has 1 heterocycles. The first-order chi connectivity index (χ1) is 21.4. The number of fused-ring (bicyclic) bond motifs is 1. The van der Waals surface area contributed by atoms with Crippen LogP contribution in [-0.4, -0.2) is 58.9 Å². The maximum Gasteiger partial charge on any atom is 0.411 e. The van der Waals surface area contributed by atoms with Gasteiger partial charge >= 0.3 is 12.1 Å². The molecule has 0 aliphatic heterocycles. The van der Waals surface area contributed by atoms with E-state index < -0.39 is 27.9 Å². The summed E-state index contributed by atoms with van der Waals surface area (Å²) in [5.74, 6) is -1.32. The second-order valence-corrected chi connectivity index (χ2v) is 13.8. The molecule has 14 heteroatoms. The van der Waals surface area contributed by atoms with Crippen LogP contribution in [-0.2, 0) is 25.9 Å². The number of hydrogen-bond donors (Lipinski definition) is 4. The summed E-state index contributed by atoms with van der Waals surface area (Å²) < 4.78 is 32.5. The van der Waals surface area contributed by atoms with Crippen molar-refractivity contribution in [3.05, 3.63) is 94.0 Å². The van der Waals surface area contributed by atoms with E-state index in [9.17, 15) is 27.9 Å². The number of rotatable bonds is 12. The summed E-state index contributed by atoms with van der Waals surface area (Å²) in [6.07, 6.45) is 1.87. The summed E-state index contributed by atoms with van der Waals surface area (Å²) in [6.45, 7) is 2.07. The molecule has 0 saturated heterocycles. The topological polar surface area (TPSA) is 171 Å². The number of benzene rings is 3. The van der Waals surface area contributed by atoms with Gasteiger partial charge in [-0.3, -0.25) is 10.1 Å². The third kappa shape index (κ3) is 7.62. The van der Waals surface area contributed by atoms with Crippen LogP contribution in [0.2, 0.25) is 0 Å². The lowest BCUT2D eigenvalue weighted by molar-refractivity contribution is -0.138. The SMILES string of the molecule is C[C@@H](COC(=O)Nc1ccc(S(=O)(=O)C2CC2)c(CN(C)Cl)c1)c1ccc(C(Nc2ccc3nc[nH]c(=O)c3c2)C(=O)O)cc1. The minimum atomic E-state index is -3.46. The lowest BCUT2D eigenvalue weighted by Crippen LogP contribution is -2.21. The first-order valence-electron chi connectivity index (χ1n) is 14.2. The third-order valence-electron chi connectivity index (χ3n) is 7.47. The standard InChI is InChI=1S/C31H32ClN5O7S/c1-18(16-44-31(41)36-22-8-12-27(21(13-22)15-37(2)32)45(42,43)24-9-10-24)19-3-5-20(6-4-19)28(30(39)40)35-23-7-11-26-25(14-23)29(38)34-17-33-26/h3-8,11-14,17-18,24,28,35H,9-10,15-16H2,1-2H3,(H,36,41)(H,39,40)(H,33,34,38)/t18-,28?/m0/s1. The Kier molecular flexibility index (Phi) is 9.42. The molecule has 1 fully saturated rings. The van der Waals surface area contributed by atoms with Gasteiger partial charge in [-0.2, -0.15) is 0 Å². The van der Waals surface area contributed by atoms with Crippen LogP contribution in [0, 0.1) is 0 Å². The van der Waals surface area contributed by atoms with Crippen LogP contribution in [0.15, 0.2) is 76.7 Å². The zero-order chi connectivity index (χ0) is 32.3. The molecule has 0 radical (unpaired) electrons. The molecule has 1 aliphatic carbocycles. The Hall–Kier alpha value is -4.46. The van der Waals surface area contributed by atoms with Gasteiger partial charge in [0.2, 0.25) is 0 Å². The molecule has 0 bridgehead atoms. The molecule has 1 aromatic heterocycles. The number of carboxylic acid groups (broad SMARTS) is 1. The van der Waals surface area contributed by atoms with Crippen molar-refractivity contribution in [1.82, 2.24) is 14.4 Å². The summed E-state index contributed by atoms with van der Waals surface area (Å²) in [5, 5.41) is 15.5. The number of aliphatic carboxylic acids is 1. The molecule has 1 amide bonds. The molecular formula is C31H32ClN5O7S.